The van der Waals surface area contributed by atoms with E-state index in [1.165, 1.54) is 0 Å². The second-order valence-electron chi connectivity index (χ2n) is 5.50. The Morgan fingerprint density at radius 1 is 1.00 bits per heavy atom. The van der Waals surface area contributed by atoms with Crippen LogP contribution in [-0.2, 0) is 19.0 Å². The van der Waals surface area contributed by atoms with E-state index in [-0.39, 0.29) is 6.54 Å². The number of amides is 1. The number of unbranched alkanes of at least 4 members (excludes halogenated alkanes) is 3. The van der Waals surface area contributed by atoms with Gasteiger partial charge in [-0.1, -0.05) is 40.0 Å². The normalized spacial score (nSPS) is 15.3. The van der Waals surface area contributed by atoms with E-state index in [1.54, 1.807) is 0 Å². The molecule has 134 valence electrons. The van der Waals surface area contributed by atoms with E-state index >= 15 is 0 Å². The van der Waals surface area contributed by atoms with Crippen molar-refractivity contribution in [3.8, 4) is 0 Å². The molecule has 0 unspecified atom stereocenters. The summed E-state index contributed by atoms with van der Waals surface area (Å²) in [5.74, 6) is -0.440. The van der Waals surface area contributed by atoms with Gasteiger partial charge in [-0.3, -0.25) is 4.79 Å². The van der Waals surface area contributed by atoms with Gasteiger partial charge in [0.05, 0.1) is 24.7 Å². The number of ether oxygens (including phenoxy) is 3. The van der Waals surface area contributed by atoms with Crippen LogP contribution in [0.2, 0.25) is 0 Å². The van der Waals surface area contributed by atoms with E-state index in [9.17, 15) is 9.70 Å². The first kappa shape index (κ1) is 19.8. The first-order valence-electron chi connectivity index (χ1n) is 8.55. The van der Waals surface area contributed by atoms with Crippen molar-refractivity contribution in [2.45, 2.75) is 65.4 Å². The Morgan fingerprint density at radius 2 is 1.43 bits per heavy atom. The average Bonchev–Trinajstić information content (AvgIpc) is 2.86. The minimum atomic E-state index is -1.68. The molecule has 1 aliphatic rings. The van der Waals surface area contributed by atoms with Crippen molar-refractivity contribution in [2.24, 2.45) is 0 Å². The fraction of sp³-hybridized carbons (Fsp3) is 0.933. The molecule has 23 heavy (non-hydrogen) atoms. The molecule has 0 aliphatic carbocycles. The number of nitroso groups, excluding NO2 is 1. The van der Waals surface area contributed by atoms with Gasteiger partial charge in [0, 0.05) is 0 Å². The predicted octanol–water partition coefficient (Wildman–Crippen LogP) is 2.09. The standard InChI is InChI=1S/C15H30N3O5/c1-4-7-10-21-15(22-11-8-5-2,23-12-9-6-3)18-14(19)13-17(20)16-18/h4-13H2,1-3H3,(H,16,20)/q+1. The lowest BCUT2D eigenvalue weighted by Crippen LogP contribution is -2.60. The molecule has 1 N–H and O–H groups in total. The van der Waals surface area contributed by atoms with Crippen molar-refractivity contribution in [1.29, 1.82) is 0 Å². The van der Waals surface area contributed by atoms with Gasteiger partial charge in [0.15, 0.2) is 0 Å². The molecule has 0 atom stereocenters. The summed E-state index contributed by atoms with van der Waals surface area (Å²) in [7, 11) is 0. The highest BCUT2D eigenvalue weighted by molar-refractivity contribution is 5.77. The molecule has 8 nitrogen and oxygen atoms in total. The molecule has 0 spiro atoms. The van der Waals surface area contributed by atoms with Crippen LogP contribution in [0.1, 0.15) is 59.3 Å². The second-order valence-corrected chi connectivity index (χ2v) is 5.50. The van der Waals surface area contributed by atoms with Gasteiger partial charge in [0.25, 0.3) is 0 Å². The lowest BCUT2D eigenvalue weighted by Gasteiger charge is -2.36. The summed E-state index contributed by atoms with van der Waals surface area (Å²) in [4.78, 5) is 24.0. The number of carbonyl (C=O) groups excluding carboxylic acids is 1. The van der Waals surface area contributed by atoms with Gasteiger partial charge in [0.2, 0.25) is 0 Å². The van der Waals surface area contributed by atoms with Crippen LogP contribution in [0.4, 0.5) is 0 Å². The van der Waals surface area contributed by atoms with E-state index in [1.807, 2.05) is 20.8 Å². The Hall–Kier alpha value is -1.25. The fourth-order valence-electron chi connectivity index (χ4n) is 1.97. The van der Waals surface area contributed by atoms with Gasteiger partial charge in [-0.05, 0) is 24.8 Å². The lowest BCUT2D eigenvalue weighted by molar-refractivity contribution is -0.621. The van der Waals surface area contributed by atoms with E-state index < -0.39 is 12.0 Å². The third kappa shape index (κ3) is 6.04. The summed E-state index contributed by atoms with van der Waals surface area (Å²) in [5.41, 5.74) is 2.41. The van der Waals surface area contributed by atoms with Gasteiger partial charge in [-0.15, -0.1) is 5.01 Å². The van der Waals surface area contributed by atoms with Crippen LogP contribution in [0.25, 0.3) is 0 Å². The maximum atomic E-state index is 12.1. The summed E-state index contributed by atoms with van der Waals surface area (Å²) in [6.07, 6.45) is 3.55. The molecule has 1 aliphatic heterocycles. The summed E-state index contributed by atoms with van der Waals surface area (Å²) in [6.45, 7) is 6.95. The summed E-state index contributed by atoms with van der Waals surface area (Å²) < 4.78 is 17.4. The minimum absolute atomic E-state index is 0.298. The highest BCUT2D eigenvalue weighted by atomic mass is 16.9. The quantitative estimate of drug-likeness (QED) is 0.316. The molecule has 0 bridgehead atoms. The van der Waals surface area contributed by atoms with Crippen LogP contribution < -0.4 is 5.53 Å². The Bertz CT molecular complexity index is 352. The zero-order chi connectivity index (χ0) is 17.1. The van der Waals surface area contributed by atoms with Crippen LogP contribution in [0.3, 0.4) is 0 Å². The Labute approximate surface area is 137 Å². The van der Waals surface area contributed by atoms with Crippen molar-refractivity contribution in [3.63, 3.8) is 0 Å². The van der Waals surface area contributed by atoms with Crippen LogP contribution in [0, 0.1) is 4.91 Å². The zero-order valence-electron chi connectivity index (χ0n) is 14.5. The molecule has 1 amide bonds. The van der Waals surface area contributed by atoms with Gasteiger partial charge in [0.1, 0.15) is 4.87 Å². The minimum Gasteiger partial charge on any atom is -0.308 e. The second kappa shape index (κ2) is 10.5. The van der Waals surface area contributed by atoms with Crippen molar-refractivity contribution in [3.05, 3.63) is 4.91 Å². The van der Waals surface area contributed by atoms with Crippen LogP contribution in [0.15, 0.2) is 0 Å². The molecule has 0 aromatic rings. The van der Waals surface area contributed by atoms with E-state index in [0.29, 0.717) is 24.7 Å². The van der Waals surface area contributed by atoms with Crippen molar-refractivity contribution < 1.29 is 23.9 Å². The molecule has 1 heterocycles. The number of nitrogens with one attached hydrogen (secondary N) is 1. The largest absolute Gasteiger partial charge is 0.402 e. The van der Waals surface area contributed by atoms with Crippen LogP contribution in [0.5, 0.6) is 0 Å². The Balaban J connectivity index is 2.89. The monoisotopic (exact) mass is 332 g/mol. The van der Waals surface area contributed by atoms with Gasteiger partial charge in [-0.25, -0.2) is 0 Å². The molecule has 0 aromatic heterocycles. The van der Waals surface area contributed by atoms with Gasteiger partial charge < -0.3 is 14.2 Å². The smallest absolute Gasteiger partial charge is 0.308 e. The SMILES string of the molecule is CCCCOC(OCCCC)(OCCCC)N1N[N+](=O)CC1=O. The summed E-state index contributed by atoms with van der Waals surface area (Å²) in [6, 6.07) is 0. The molecule has 1 rings (SSSR count). The Kier molecular flexibility index (Phi) is 9.05. The number of nitrogens with zero attached hydrogens (tertiary/aromatic N) is 2. The lowest BCUT2D eigenvalue weighted by atomic mass is 10.3. The van der Waals surface area contributed by atoms with Crippen LogP contribution >= 0.6 is 0 Å². The van der Waals surface area contributed by atoms with Crippen molar-refractivity contribution >= 4 is 5.91 Å². The van der Waals surface area contributed by atoms with Crippen molar-refractivity contribution in [2.75, 3.05) is 26.4 Å². The zero-order valence-corrected chi connectivity index (χ0v) is 14.5. The molecule has 1 fully saturated rings. The fourth-order valence-corrected chi connectivity index (χ4v) is 1.97. The first-order valence-corrected chi connectivity index (χ1v) is 8.55. The maximum absolute atomic E-state index is 12.1. The van der Waals surface area contributed by atoms with E-state index in [0.717, 1.165) is 43.5 Å². The first-order chi connectivity index (χ1) is 11.1. The summed E-state index contributed by atoms with van der Waals surface area (Å²) >= 11 is 0. The van der Waals surface area contributed by atoms with Gasteiger partial charge in [-0.2, -0.15) is 0 Å². The predicted molar refractivity (Wildman–Crippen MR) is 83.8 cm³/mol. The molecular weight excluding hydrogens is 302 g/mol. The maximum Gasteiger partial charge on any atom is 0.402 e. The number of rotatable bonds is 13. The number of hydrogen-bond acceptors (Lipinski definition) is 5. The number of hydrazine groups is 2. The number of carbonyl (C=O) groups is 1. The molecule has 8 heteroatoms. The van der Waals surface area contributed by atoms with E-state index in [4.69, 9.17) is 14.2 Å². The molecule has 1 saturated heterocycles. The third-order valence-electron chi connectivity index (χ3n) is 3.36. The molecule has 0 radical (unpaired) electrons. The number of hydrogen-bond donors (Lipinski definition) is 1. The Morgan fingerprint density at radius 3 is 1.74 bits per heavy atom. The van der Waals surface area contributed by atoms with Crippen LogP contribution in [-0.4, -0.2) is 48.2 Å². The topological polar surface area (TPSA) is 80.1 Å². The van der Waals surface area contributed by atoms with Crippen molar-refractivity contribution in [1.82, 2.24) is 10.5 Å². The van der Waals surface area contributed by atoms with E-state index in [2.05, 4.69) is 5.53 Å². The molecular formula is C15H30N3O5+. The highest BCUT2D eigenvalue weighted by Crippen LogP contribution is 2.24. The molecule has 0 aromatic carbocycles. The molecule has 0 saturated carbocycles. The summed E-state index contributed by atoms with van der Waals surface area (Å²) in [5, 5.41) is 1.03. The highest BCUT2D eigenvalue weighted by Gasteiger charge is 2.53. The average molecular weight is 332 g/mol. The van der Waals surface area contributed by atoms with Gasteiger partial charge >= 0.3 is 18.5 Å². The third-order valence-corrected chi connectivity index (χ3v) is 3.36.